The number of ether oxygens (including phenoxy) is 1. The van der Waals surface area contributed by atoms with Crippen LogP contribution in [0, 0.1) is 0 Å². The van der Waals surface area contributed by atoms with Crippen LogP contribution in [0.25, 0.3) is 0 Å². The lowest BCUT2D eigenvalue weighted by Crippen LogP contribution is -2.36. The highest BCUT2D eigenvalue weighted by atomic mass is 16.5. The monoisotopic (exact) mass is 369 g/mol. The van der Waals surface area contributed by atoms with E-state index in [2.05, 4.69) is 31.7 Å². The van der Waals surface area contributed by atoms with Crippen molar-refractivity contribution < 1.29 is 9.53 Å². The van der Waals surface area contributed by atoms with Gasteiger partial charge < -0.3 is 14.6 Å². The Balaban J connectivity index is 1.48. The molecule has 1 N–H and O–H groups in total. The third-order valence-electron chi connectivity index (χ3n) is 5.70. The van der Waals surface area contributed by atoms with Crippen molar-refractivity contribution in [3.05, 3.63) is 41.6 Å². The zero-order valence-corrected chi connectivity index (χ0v) is 16.0. The van der Waals surface area contributed by atoms with Crippen molar-refractivity contribution in [3.8, 4) is 5.88 Å². The summed E-state index contributed by atoms with van der Waals surface area (Å²) in [5.74, 6) is 1.56. The van der Waals surface area contributed by atoms with Gasteiger partial charge in [0.05, 0.1) is 13.2 Å². The normalized spacial score (nSPS) is 20.4. The van der Waals surface area contributed by atoms with Crippen LogP contribution in [0.3, 0.4) is 0 Å². The molecule has 4 rings (SSSR count). The number of nitrogens with one attached hydrogen (secondary N) is 1. The van der Waals surface area contributed by atoms with Crippen molar-refractivity contribution in [1.29, 1.82) is 0 Å². The Morgan fingerprint density at radius 1 is 1.33 bits per heavy atom. The summed E-state index contributed by atoms with van der Waals surface area (Å²) in [6.45, 7) is 4.60. The predicted molar refractivity (Wildman–Crippen MR) is 102 cm³/mol. The highest BCUT2D eigenvalue weighted by molar-refractivity contribution is 5.92. The van der Waals surface area contributed by atoms with Crippen LogP contribution >= 0.6 is 0 Å². The Hall–Kier alpha value is -2.41. The summed E-state index contributed by atoms with van der Waals surface area (Å²) in [5.41, 5.74) is 1.59. The number of pyridine rings is 1. The van der Waals surface area contributed by atoms with Gasteiger partial charge in [-0.1, -0.05) is 18.9 Å². The van der Waals surface area contributed by atoms with Gasteiger partial charge in [0.25, 0.3) is 5.91 Å². The maximum atomic E-state index is 12.6. The number of imidazole rings is 1. The predicted octanol–water partition coefficient (Wildman–Crippen LogP) is 2.54. The second-order valence-corrected chi connectivity index (χ2v) is 7.45. The van der Waals surface area contributed by atoms with E-state index in [4.69, 9.17) is 4.74 Å². The zero-order valence-electron chi connectivity index (χ0n) is 16.0. The molecule has 144 valence electrons. The Labute approximate surface area is 159 Å². The van der Waals surface area contributed by atoms with Crippen molar-refractivity contribution in [2.24, 2.45) is 0 Å². The van der Waals surface area contributed by atoms with E-state index >= 15 is 0 Å². The molecule has 0 unspecified atom stereocenters. The molecule has 1 amide bonds. The minimum atomic E-state index is -0.0449. The second kappa shape index (κ2) is 7.68. The van der Waals surface area contributed by atoms with E-state index in [0.717, 1.165) is 43.9 Å². The topological polar surface area (TPSA) is 72.3 Å². The lowest BCUT2D eigenvalue weighted by molar-refractivity contribution is 0.0933. The minimum Gasteiger partial charge on any atom is -0.481 e. The zero-order chi connectivity index (χ0) is 18.8. The first kappa shape index (κ1) is 18.0. The largest absolute Gasteiger partial charge is 0.481 e. The summed E-state index contributed by atoms with van der Waals surface area (Å²) in [4.78, 5) is 23.9. The highest BCUT2D eigenvalue weighted by Crippen LogP contribution is 2.28. The molecule has 0 bridgehead atoms. The molecule has 0 radical (unpaired) electrons. The van der Waals surface area contributed by atoms with Crippen LogP contribution in [0.1, 0.15) is 60.5 Å². The van der Waals surface area contributed by atoms with E-state index in [-0.39, 0.29) is 11.9 Å². The Kier molecular flexibility index (Phi) is 5.11. The molecule has 1 aliphatic carbocycles. The molecule has 7 heteroatoms. The first-order valence-corrected chi connectivity index (χ1v) is 9.75. The fourth-order valence-electron chi connectivity index (χ4n) is 4.14. The third kappa shape index (κ3) is 3.69. The van der Waals surface area contributed by atoms with Crippen molar-refractivity contribution >= 4 is 5.91 Å². The highest BCUT2D eigenvalue weighted by Gasteiger charge is 2.29. The average Bonchev–Trinajstić information content (AvgIpc) is 3.34. The second-order valence-electron chi connectivity index (χ2n) is 7.45. The number of methoxy groups -OCH3 is 1. The lowest BCUT2D eigenvalue weighted by Gasteiger charge is -2.33. The summed E-state index contributed by atoms with van der Waals surface area (Å²) < 4.78 is 7.50. The number of aromatic nitrogens is 3. The first-order chi connectivity index (χ1) is 13.2. The number of nitrogens with zero attached hydrogens (tertiary/aromatic N) is 4. The average molecular weight is 369 g/mol. The summed E-state index contributed by atoms with van der Waals surface area (Å²) >= 11 is 0. The van der Waals surface area contributed by atoms with E-state index in [1.165, 1.54) is 12.8 Å². The Morgan fingerprint density at radius 3 is 2.93 bits per heavy atom. The molecule has 3 heterocycles. The van der Waals surface area contributed by atoms with Gasteiger partial charge in [0.1, 0.15) is 11.5 Å². The number of hydrogen-bond donors (Lipinski definition) is 1. The molecule has 1 aliphatic heterocycles. The van der Waals surface area contributed by atoms with Crippen molar-refractivity contribution in [1.82, 2.24) is 24.8 Å². The van der Waals surface area contributed by atoms with Crippen LogP contribution < -0.4 is 10.1 Å². The van der Waals surface area contributed by atoms with Crippen molar-refractivity contribution in [3.63, 3.8) is 0 Å². The number of rotatable bonds is 5. The minimum absolute atomic E-state index is 0.0449. The van der Waals surface area contributed by atoms with Crippen LogP contribution in [0.5, 0.6) is 5.88 Å². The third-order valence-corrected chi connectivity index (χ3v) is 5.70. The van der Waals surface area contributed by atoms with E-state index in [1.54, 1.807) is 13.3 Å². The maximum Gasteiger partial charge on any atom is 0.271 e. The fourth-order valence-corrected chi connectivity index (χ4v) is 4.14. The number of hydrogen-bond acceptors (Lipinski definition) is 5. The van der Waals surface area contributed by atoms with Gasteiger partial charge >= 0.3 is 0 Å². The fraction of sp³-hybridized carbons (Fsp3) is 0.550. The van der Waals surface area contributed by atoms with Crippen LogP contribution in [0.2, 0.25) is 0 Å². The molecule has 2 aromatic heterocycles. The molecule has 2 aromatic rings. The van der Waals surface area contributed by atoms with Crippen molar-refractivity contribution in [2.45, 2.75) is 57.8 Å². The summed E-state index contributed by atoms with van der Waals surface area (Å²) in [6, 6.07) is 4.40. The summed E-state index contributed by atoms with van der Waals surface area (Å²) in [6.07, 6.45) is 8.21. The SMILES string of the molecule is COc1ncccc1CN1CCn2cc(C(=O)NC3CCCC3)nc2[C@@H]1C. The number of carbonyl (C=O) groups is 1. The number of fused-ring (bicyclic) bond motifs is 1. The Bertz CT molecular complexity index is 812. The molecule has 0 saturated heterocycles. The molecule has 2 aliphatic rings. The van der Waals surface area contributed by atoms with E-state index in [9.17, 15) is 4.79 Å². The van der Waals surface area contributed by atoms with Gasteiger partial charge in [-0.25, -0.2) is 9.97 Å². The number of amides is 1. The summed E-state index contributed by atoms with van der Waals surface area (Å²) in [5, 5.41) is 3.13. The number of carbonyl (C=O) groups excluding carboxylic acids is 1. The molecular formula is C20H27N5O2. The maximum absolute atomic E-state index is 12.6. The van der Waals surface area contributed by atoms with Gasteiger partial charge in [0.2, 0.25) is 5.88 Å². The van der Waals surface area contributed by atoms with E-state index < -0.39 is 0 Å². The smallest absolute Gasteiger partial charge is 0.271 e. The van der Waals surface area contributed by atoms with Crippen LogP contribution in [-0.2, 0) is 13.1 Å². The van der Waals surface area contributed by atoms with Gasteiger partial charge in [-0.05, 0) is 25.8 Å². The van der Waals surface area contributed by atoms with E-state index in [1.807, 2.05) is 18.3 Å². The van der Waals surface area contributed by atoms with Crippen LogP contribution in [-0.4, -0.2) is 45.0 Å². The molecule has 0 aromatic carbocycles. The standard InChI is InChI=1S/C20H27N5O2/c1-14-18-23-17(19(26)22-16-7-3-4-8-16)13-25(18)11-10-24(14)12-15-6-5-9-21-20(15)27-2/h5-6,9,13-14,16H,3-4,7-8,10-12H2,1-2H3,(H,22,26)/t14-/m0/s1. The molecule has 27 heavy (non-hydrogen) atoms. The quantitative estimate of drug-likeness (QED) is 0.877. The van der Waals surface area contributed by atoms with E-state index in [0.29, 0.717) is 17.6 Å². The van der Waals surface area contributed by atoms with Crippen LogP contribution in [0.15, 0.2) is 24.5 Å². The lowest BCUT2D eigenvalue weighted by atomic mass is 10.1. The molecule has 1 fully saturated rings. The molecule has 1 saturated carbocycles. The van der Waals surface area contributed by atoms with Crippen molar-refractivity contribution in [2.75, 3.05) is 13.7 Å². The molecule has 1 atom stereocenters. The molecular weight excluding hydrogens is 342 g/mol. The van der Waals surface area contributed by atoms with Gasteiger partial charge in [-0.3, -0.25) is 9.69 Å². The van der Waals surface area contributed by atoms with Gasteiger partial charge in [-0.15, -0.1) is 0 Å². The van der Waals surface area contributed by atoms with Gasteiger partial charge in [0.15, 0.2) is 0 Å². The Morgan fingerprint density at radius 2 is 2.15 bits per heavy atom. The van der Waals surface area contributed by atoms with Gasteiger partial charge in [0, 0.05) is 43.6 Å². The molecule has 0 spiro atoms. The van der Waals surface area contributed by atoms with Gasteiger partial charge in [-0.2, -0.15) is 0 Å². The summed E-state index contributed by atoms with van der Waals surface area (Å²) in [7, 11) is 1.65. The van der Waals surface area contributed by atoms with Crippen LogP contribution in [0.4, 0.5) is 0 Å². The first-order valence-electron chi connectivity index (χ1n) is 9.75. The molecule has 7 nitrogen and oxygen atoms in total.